The summed E-state index contributed by atoms with van der Waals surface area (Å²) in [5, 5.41) is 0. The van der Waals surface area contributed by atoms with Gasteiger partial charge in [0.1, 0.15) is 0 Å². The van der Waals surface area contributed by atoms with Gasteiger partial charge in [-0.3, -0.25) is 4.79 Å². The van der Waals surface area contributed by atoms with Gasteiger partial charge in [-0.05, 0) is 19.8 Å². The highest BCUT2D eigenvalue weighted by molar-refractivity contribution is 6.00. The highest BCUT2D eigenvalue weighted by Gasteiger charge is 2.49. The second kappa shape index (κ2) is 5.11. The van der Waals surface area contributed by atoms with E-state index in [0.29, 0.717) is 12.8 Å². The van der Waals surface area contributed by atoms with Gasteiger partial charge in [-0.2, -0.15) is 5.90 Å². The summed E-state index contributed by atoms with van der Waals surface area (Å²) >= 11 is 0. The summed E-state index contributed by atoms with van der Waals surface area (Å²) in [6.45, 7) is 1.97. The van der Waals surface area contributed by atoms with E-state index in [1.807, 2.05) is 0 Å². The van der Waals surface area contributed by atoms with Gasteiger partial charge in [-0.1, -0.05) is 19.3 Å². The third-order valence-electron chi connectivity index (χ3n) is 2.87. The third kappa shape index (κ3) is 2.28. The van der Waals surface area contributed by atoms with Crippen LogP contribution >= 0.6 is 0 Å². The Bertz CT molecular complexity index is 246. The first-order valence-corrected chi connectivity index (χ1v) is 5.26. The number of carbonyl (C=O) groups excluding carboxylic acids is 2. The first-order chi connectivity index (χ1) is 7.17. The van der Waals surface area contributed by atoms with Crippen LogP contribution in [0.2, 0.25) is 0 Å². The Labute approximate surface area is 88.9 Å². The summed E-state index contributed by atoms with van der Waals surface area (Å²) < 4.78 is 4.91. The highest BCUT2D eigenvalue weighted by atomic mass is 16.7. The van der Waals surface area contributed by atoms with Gasteiger partial charge in [-0.25, -0.2) is 4.79 Å². The van der Waals surface area contributed by atoms with Gasteiger partial charge in [0, 0.05) is 0 Å². The first-order valence-electron chi connectivity index (χ1n) is 5.26. The first kappa shape index (κ1) is 12.0. The fraction of sp³-hybridized carbons (Fsp3) is 0.800. The summed E-state index contributed by atoms with van der Waals surface area (Å²) in [5.41, 5.74) is -1.15. The molecule has 0 aliphatic heterocycles. The lowest BCUT2D eigenvalue weighted by Crippen LogP contribution is -2.44. The standard InChI is InChI=1S/C10H17NO4/c1-2-14-8(12)10(9(13)15-11)6-4-3-5-7-10/h2-7,11H2,1H3. The van der Waals surface area contributed by atoms with Crippen LogP contribution in [0.1, 0.15) is 39.0 Å². The number of rotatable bonds is 3. The zero-order valence-corrected chi connectivity index (χ0v) is 8.95. The summed E-state index contributed by atoms with van der Waals surface area (Å²) in [7, 11) is 0. The largest absolute Gasteiger partial charge is 0.465 e. The average Bonchev–Trinajstić information content (AvgIpc) is 2.29. The molecule has 0 aromatic heterocycles. The molecule has 1 aliphatic rings. The SMILES string of the molecule is CCOC(=O)C1(C(=O)ON)CCCCC1. The van der Waals surface area contributed by atoms with Crippen molar-refractivity contribution in [3.05, 3.63) is 0 Å². The quantitative estimate of drug-likeness (QED) is 0.430. The smallest absolute Gasteiger partial charge is 0.341 e. The van der Waals surface area contributed by atoms with Crippen LogP contribution in [0, 0.1) is 5.41 Å². The summed E-state index contributed by atoms with van der Waals surface area (Å²) in [4.78, 5) is 27.5. The second-order valence-corrected chi connectivity index (χ2v) is 3.77. The molecule has 0 aromatic rings. The van der Waals surface area contributed by atoms with Gasteiger partial charge in [0.2, 0.25) is 0 Å². The summed E-state index contributed by atoms with van der Waals surface area (Å²) in [5.74, 6) is 3.70. The molecule has 0 atom stereocenters. The van der Waals surface area contributed by atoms with Crippen molar-refractivity contribution >= 4 is 11.9 Å². The van der Waals surface area contributed by atoms with E-state index >= 15 is 0 Å². The zero-order chi connectivity index (χ0) is 11.3. The fourth-order valence-corrected chi connectivity index (χ4v) is 2.03. The summed E-state index contributed by atoms with van der Waals surface area (Å²) in [6.07, 6.45) is 3.63. The van der Waals surface area contributed by atoms with E-state index in [9.17, 15) is 9.59 Å². The van der Waals surface area contributed by atoms with Crippen molar-refractivity contribution in [1.29, 1.82) is 0 Å². The van der Waals surface area contributed by atoms with Crippen molar-refractivity contribution in [2.45, 2.75) is 39.0 Å². The molecular formula is C10H17NO4. The van der Waals surface area contributed by atoms with E-state index in [1.165, 1.54) is 0 Å². The van der Waals surface area contributed by atoms with Crippen LogP contribution < -0.4 is 5.90 Å². The number of carbonyl (C=O) groups is 2. The topological polar surface area (TPSA) is 78.6 Å². The Morgan fingerprint density at radius 2 is 1.80 bits per heavy atom. The molecule has 1 aliphatic carbocycles. The minimum absolute atomic E-state index is 0.262. The second-order valence-electron chi connectivity index (χ2n) is 3.77. The molecule has 15 heavy (non-hydrogen) atoms. The van der Waals surface area contributed by atoms with E-state index in [2.05, 4.69) is 4.84 Å². The fourth-order valence-electron chi connectivity index (χ4n) is 2.03. The van der Waals surface area contributed by atoms with E-state index in [4.69, 9.17) is 10.6 Å². The van der Waals surface area contributed by atoms with Crippen LogP contribution in [0.15, 0.2) is 0 Å². The van der Waals surface area contributed by atoms with Gasteiger partial charge >= 0.3 is 11.9 Å². The minimum atomic E-state index is -1.15. The van der Waals surface area contributed by atoms with E-state index in [0.717, 1.165) is 19.3 Å². The van der Waals surface area contributed by atoms with Crippen LogP contribution in [-0.2, 0) is 19.2 Å². The van der Waals surface area contributed by atoms with Gasteiger partial charge < -0.3 is 9.57 Å². The number of esters is 1. The maximum Gasteiger partial charge on any atom is 0.341 e. The van der Waals surface area contributed by atoms with Crippen molar-refractivity contribution in [2.75, 3.05) is 6.61 Å². The van der Waals surface area contributed by atoms with Gasteiger partial charge in [0.15, 0.2) is 5.41 Å². The highest BCUT2D eigenvalue weighted by Crippen LogP contribution is 2.38. The lowest BCUT2D eigenvalue weighted by molar-refractivity contribution is -0.175. The molecule has 0 amide bonds. The number of hydrogen-bond donors (Lipinski definition) is 1. The number of hydrogen-bond acceptors (Lipinski definition) is 5. The van der Waals surface area contributed by atoms with Gasteiger partial charge in [-0.15, -0.1) is 0 Å². The average molecular weight is 215 g/mol. The molecule has 86 valence electrons. The Hall–Kier alpha value is -1.10. The molecule has 0 aromatic carbocycles. The van der Waals surface area contributed by atoms with Crippen molar-refractivity contribution in [1.82, 2.24) is 0 Å². The van der Waals surface area contributed by atoms with E-state index in [1.54, 1.807) is 6.92 Å². The molecular weight excluding hydrogens is 198 g/mol. The van der Waals surface area contributed by atoms with Crippen LogP contribution in [0.25, 0.3) is 0 Å². The predicted octanol–water partition coefficient (Wildman–Crippen LogP) is 0.917. The summed E-state index contributed by atoms with van der Waals surface area (Å²) in [6, 6.07) is 0. The van der Waals surface area contributed by atoms with Gasteiger partial charge in [0.25, 0.3) is 0 Å². The Morgan fingerprint density at radius 1 is 1.20 bits per heavy atom. The van der Waals surface area contributed by atoms with Crippen molar-refractivity contribution in [3.8, 4) is 0 Å². The maximum atomic E-state index is 11.7. The third-order valence-corrected chi connectivity index (χ3v) is 2.87. The van der Waals surface area contributed by atoms with E-state index < -0.39 is 17.4 Å². The molecule has 5 nitrogen and oxygen atoms in total. The number of nitrogens with two attached hydrogens (primary N) is 1. The van der Waals surface area contributed by atoms with Crippen LogP contribution in [-0.4, -0.2) is 18.5 Å². The molecule has 2 N–H and O–H groups in total. The molecule has 0 heterocycles. The monoisotopic (exact) mass is 215 g/mol. The molecule has 0 spiro atoms. The molecule has 0 saturated heterocycles. The predicted molar refractivity (Wildman–Crippen MR) is 52.4 cm³/mol. The van der Waals surface area contributed by atoms with Crippen molar-refractivity contribution < 1.29 is 19.2 Å². The molecule has 0 unspecified atom stereocenters. The molecule has 1 saturated carbocycles. The zero-order valence-electron chi connectivity index (χ0n) is 8.95. The van der Waals surface area contributed by atoms with Gasteiger partial charge in [0.05, 0.1) is 6.61 Å². The Balaban J connectivity index is 2.84. The molecule has 1 fully saturated rings. The van der Waals surface area contributed by atoms with E-state index in [-0.39, 0.29) is 6.61 Å². The Kier molecular flexibility index (Phi) is 4.08. The Morgan fingerprint density at radius 3 is 2.27 bits per heavy atom. The normalized spacial score (nSPS) is 19.3. The number of ether oxygens (including phenoxy) is 1. The van der Waals surface area contributed by atoms with Crippen molar-refractivity contribution in [2.24, 2.45) is 11.3 Å². The molecule has 0 radical (unpaired) electrons. The lowest BCUT2D eigenvalue weighted by Gasteiger charge is -2.31. The van der Waals surface area contributed by atoms with Crippen LogP contribution in [0.5, 0.6) is 0 Å². The van der Waals surface area contributed by atoms with Crippen LogP contribution in [0.3, 0.4) is 0 Å². The molecule has 1 rings (SSSR count). The van der Waals surface area contributed by atoms with Crippen molar-refractivity contribution in [3.63, 3.8) is 0 Å². The maximum absolute atomic E-state index is 11.7. The molecule has 5 heteroatoms. The van der Waals surface area contributed by atoms with Crippen LogP contribution in [0.4, 0.5) is 0 Å². The molecule has 0 bridgehead atoms. The lowest BCUT2D eigenvalue weighted by atomic mass is 9.74. The minimum Gasteiger partial charge on any atom is -0.465 e.